The lowest BCUT2D eigenvalue weighted by molar-refractivity contribution is -0.141. The number of carbonyl (C=O) groups is 3. The van der Waals surface area contributed by atoms with Crippen LogP contribution in [-0.2, 0) is 10.9 Å². The smallest absolute Gasteiger partial charge is 0.435 e. The van der Waals surface area contributed by atoms with E-state index in [9.17, 15) is 27.6 Å². The van der Waals surface area contributed by atoms with E-state index in [0.29, 0.717) is 31.9 Å². The van der Waals surface area contributed by atoms with Crippen LogP contribution in [0.5, 0.6) is 0 Å². The molecule has 36 heavy (non-hydrogen) atoms. The van der Waals surface area contributed by atoms with Crippen molar-refractivity contribution in [3.8, 4) is 5.69 Å². The van der Waals surface area contributed by atoms with Crippen LogP contribution in [0.2, 0.25) is 0 Å². The highest BCUT2D eigenvalue weighted by Gasteiger charge is 2.39. The summed E-state index contributed by atoms with van der Waals surface area (Å²) in [5, 5.41) is 8.54. The molecule has 1 saturated heterocycles. The number of hydrogen-bond donors (Lipinski definition) is 2. The molecule has 2 aromatic rings. The molecule has 1 aliphatic rings. The Hall–Kier alpha value is -3.77. The standard InChI is InChI=1S/C23H29F3N6O4/c1-22(2,3)36-21(35)31-13-11-30(12-14-31)20(34)28-10-9-27-19(33)17-15-32(16-7-5-4-6-8-16)29-18(17)23(24,25)26/h4-8,15H,9-14H2,1-3H3,(H,27,33)(H,28,34). The van der Waals surface area contributed by atoms with Crippen LogP contribution in [0, 0.1) is 0 Å². The number of halogens is 3. The van der Waals surface area contributed by atoms with Gasteiger partial charge in [-0.1, -0.05) is 18.2 Å². The number of rotatable bonds is 5. The van der Waals surface area contributed by atoms with Gasteiger partial charge in [0.1, 0.15) is 5.60 Å². The zero-order chi connectivity index (χ0) is 26.5. The van der Waals surface area contributed by atoms with Crippen molar-refractivity contribution in [1.29, 1.82) is 0 Å². The SMILES string of the molecule is CC(C)(C)OC(=O)N1CCN(C(=O)NCCNC(=O)c2cn(-c3ccccc3)nc2C(F)(F)F)CC1. The fraction of sp³-hybridized carbons (Fsp3) is 0.478. The molecule has 0 atom stereocenters. The molecule has 0 radical (unpaired) electrons. The van der Waals surface area contributed by atoms with E-state index in [1.807, 2.05) is 0 Å². The zero-order valence-electron chi connectivity index (χ0n) is 20.3. The van der Waals surface area contributed by atoms with Crippen LogP contribution in [0.3, 0.4) is 0 Å². The molecule has 1 aromatic heterocycles. The molecule has 0 unspecified atom stereocenters. The van der Waals surface area contributed by atoms with Crippen molar-refractivity contribution in [3.63, 3.8) is 0 Å². The Labute approximate surface area is 206 Å². The second-order valence-electron chi connectivity index (χ2n) is 9.11. The molecule has 13 heteroatoms. The molecule has 10 nitrogen and oxygen atoms in total. The van der Waals surface area contributed by atoms with Crippen LogP contribution in [0.4, 0.5) is 22.8 Å². The van der Waals surface area contributed by atoms with E-state index in [0.717, 1.165) is 10.9 Å². The van der Waals surface area contributed by atoms with Crippen molar-refractivity contribution < 1.29 is 32.3 Å². The second kappa shape index (κ2) is 10.9. The first-order valence-corrected chi connectivity index (χ1v) is 11.4. The Bertz CT molecular complexity index is 1070. The molecular weight excluding hydrogens is 481 g/mol. The first kappa shape index (κ1) is 26.8. The third kappa shape index (κ3) is 7.12. The molecule has 1 aromatic carbocycles. The summed E-state index contributed by atoms with van der Waals surface area (Å²) in [6.07, 6.45) is -4.24. The number of benzene rings is 1. The van der Waals surface area contributed by atoms with Gasteiger partial charge in [0.2, 0.25) is 0 Å². The summed E-state index contributed by atoms with van der Waals surface area (Å²) >= 11 is 0. The van der Waals surface area contributed by atoms with Gasteiger partial charge in [-0.15, -0.1) is 0 Å². The summed E-state index contributed by atoms with van der Waals surface area (Å²) in [7, 11) is 0. The average molecular weight is 511 g/mol. The van der Waals surface area contributed by atoms with Gasteiger partial charge in [-0.05, 0) is 32.9 Å². The lowest BCUT2D eigenvalue weighted by Crippen LogP contribution is -2.54. The molecule has 0 bridgehead atoms. The Morgan fingerprint density at radius 1 is 0.944 bits per heavy atom. The summed E-state index contributed by atoms with van der Waals surface area (Å²) in [5.41, 5.74) is -2.15. The van der Waals surface area contributed by atoms with Crippen molar-refractivity contribution >= 4 is 18.0 Å². The van der Waals surface area contributed by atoms with Gasteiger partial charge < -0.3 is 25.2 Å². The Balaban J connectivity index is 1.48. The third-order valence-electron chi connectivity index (χ3n) is 5.15. The molecule has 2 heterocycles. The molecular formula is C23H29F3N6O4. The van der Waals surface area contributed by atoms with E-state index in [4.69, 9.17) is 4.74 Å². The number of para-hydroxylation sites is 1. The quantitative estimate of drug-likeness (QED) is 0.602. The Morgan fingerprint density at radius 2 is 1.53 bits per heavy atom. The molecule has 2 N–H and O–H groups in total. The molecule has 0 saturated carbocycles. The number of nitrogens with one attached hydrogen (secondary N) is 2. The fourth-order valence-corrected chi connectivity index (χ4v) is 3.43. The van der Waals surface area contributed by atoms with E-state index in [1.54, 1.807) is 51.1 Å². The summed E-state index contributed by atoms with van der Waals surface area (Å²) in [4.78, 5) is 40.0. The van der Waals surface area contributed by atoms with E-state index in [2.05, 4.69) is 15.7 Å². The van der Waals surface area contributed by atoms with Gasteiger partial charge in [0.15, 0.2) is 5.69 Å². The minimum absolute atomic E-state index is 0.00499. The number of ether oxygens (including phenoxy) is 1. The molecule has 1 aliphatic heterocycles. The number of nitrogens with zero attached hydrogens (tertiary/aromatic N) is 4. The third-order valence-corrected chi connectivity index (χ3v) is 5.15. The lowest BCUT2D eigenvalue weighted by atomic mass is 10.2. The summed E-state index contributed by atoms with van der Waals surface area (Å²) in [6.45, 7) is 6.44. The van der Waals surface area contributed by atoms with Crippen LogP contribution in [0.15, 0.2) is 36.5 Å². The monoisotopic (exact) mass is 510 g/mol. The summed E-state index contributed by atoms with van der Waals surface area (Å²) in [5.74, 6) is -0.954. The van der Waals surface area contributed by atoms with Gasteiger partial charge in [-0.2, -0.15) is 18.3 Å². The zero-order valence-corrected chi connectivity index (χ0v) is 20.3. The predicted molar refractivity (Wildman–Crippen MR) is 124 cm³/mol. The number of piperazine rings is 1. The van der Waals surface area contributed by atoms with Crippen molar-refractivity contribution in [2.45, 2.75) is 32.5 Å². The molecule has 4 amide bonds. The maximum Gasteiger partial charge on any atom is 0.435 e. The number of alkyl halides is 3. The van der Waals surface area contributed by atoms with Crippen LogP contribution in [-0.4, -0.2) is 82.5 Å². The van der Waals surface area contributed by atoms with Gasteiger partial charge >= 0.3 is 18.3 Å². The minimum Gasteiger partial charge on any atom is -0.444 e. The second-order valence-corrected chi connectivity index (χ2v) is 9.11. The molecule has 0 aliphatic carbocycles. The van der Waals surface area contributed by atoms with E-state index >= 15 is 0 Å². The number of amides is 4. The van der Waals surface area contributed by atoms with E-state index < -0.39 is 41.1 Å². The van der Waals surface area contributed by atoms with E-state index in [-0.39, 0.29) is 13.1 Å². The highest BCUT2D eigenvalue weighted by molar-refractivity contribution is 5.95. The first-order valence-electron chi connectivity index (χ1n) is 11.4. The van der Waals surface area contributed by atoms with Crippen LogP contribution >= 0.6 is 0 Å². The van der Waals surface area contributed by atoms with Crippen molar-refractivity contribution in [1.82, 2.24) is 30.2 Å². The fourth-order valence-electron chi connectivity index (χ4n) is 3.43. The number of carbonyl (C=O) groups excluding carboxylic acids is 3. The highest BCUT2D eigenvalue weighted by Crippen LogP contribution is 2.31. The molecule has 1 fully saturated rings. The minimum atomic E-state index is -4.82. The first-order chi connectivity index (χ1) is 16.8. The Morgan fingerprint density at radius 3 is 2.11 bits per heavy atom. The van der Waals surface area contributed by atoms with Gasteiger partial charge in [0, 0.05) is 45.5 Å². The lowest BCUT2D eigenvalue weighted by Gasteiger charge is -2.35. The summed E-state index contributed by atoms with van der Waals surface area (Å²) < 4.78 is 46.7. The number of hydrogen-bond acceptors (Lipinski definition) is 5. The molecule has 0 spiro atoms. The van der Waals surface area contributed by atoms with Gasteiger partial charge in [-0.3, -0.25) is 4.79 Å². The maximum atomic E-state index is 13.4. The van der Waals surface area contributed by atoms with Crippen molar-refractivity contribution in [3.05, 3.63) is 47.8 Å². The molecule has 3 rings (SSSR count). The normalized spacial score (nSPS) is 14.4. The van der Waals surface area contributed by atoms with Gasteiger partial charge in [0.25, 0.3) is 5.91 Å². The topological polar surface area (TPSA) is 109 Å². The molecule has 196 valence electrons. The average Bonchev–Trinajstić information content (AvgIpc) is 3.28. The number of urea groups is 1. The van der Waals surface area contributed by atoms with Gasteiger partial charge in [-0.25, -0.2) is 14.3 Å². The predicted octanol–water partition coefficient (Wildman–Crippen LogP) is 2.88. The number of aromatic nitrogens is 2. The summed E-state index contributed by atoms with van der Waals surface area (Å²) in [6, 6.07) is 7.73. The van der Waals surface area contributed by atoms with Crippen molar-refractivity contribution in [2.75, 3.05) is 39.3 Å². The van der Waals surface area contributed by atoms with Gasteiger partial charge in [0.05, 0.1) is 11.3 Å². The van der Waals surface area contributed by atoms with Crippen molar-refractivity contribution in [2.24, 2.45) is 0 Å². The van der Waals surface area contributed by atoms with Crippen LogP contribution < -0.4 is 10.6 Å². The largest absolute Gasteiger partial charge is 0.444 e. The van der Waals surface area contributed by atoms with Crippen LogP contribution in [0.25, 0.3) is 5.69 Å². The maximum absolute atomic E-state index is 13.4. The Kier molecular flexibility index (Phi) is 8.10. The highest BCUT2D eigenvalue weighted by atomic mass is 19.4. The van der Waals surface area contributed by atoms with E-state index in [1.165, 1.54) is 9.80 Å². The van der Waals surface area contributed by atoms with Crippen LogP contribution in [0.1, 0.15) is 36.8 Å².